The molecule has 0 heterocycles. The fourth-order valence-electron chi connectivity index (χ4n) is 0.902. The SMILES string of the molecule is O=C(O)c1ccc(COP(=O)(O)O)cc1. The zero-order chi connectivity index (χ0) is 11.5. The molecule has 0 aliphatic rings. The van der Waals surface area contributed by atoms with Crippen molar-refractivity contribution in [3.63, 3.8) is 0 Å². The highest BCUT2D eigenvalue weighted by Gasteiger charge is 2.13. The van der Waals surface area contributed by atoms with Gasteiger partial charge in [-0.05, 0) is 17.7 Å². The third-order valence-electron chi connectivity index (χ3n) is 1.60. The molecule has 1 aromatic rings. The van der Waals surface area contributed by atoms with Gasteiger partial charge in [0.1, 0.15) is 0 Å². The first kappa shape index (κ1) is 11.9. The van der Waals surface area contributed by atoms with Gasteiger partial charge >= 0.3 is 13.8 Å². The minimum atomic E-state index is -4.48. The van der Waals surface area contributed by atoms with Crippen molar-refractivity contribution < 1.29 is 28.8 Å². The zero-order valence-corrected chi connectivity index (χ0v) is 8.42. The molecule has 6 nitrogen and oxygen atoms in total. The summed E-state index contributed by atoms with van der Waals surface area (Å²) in [7, 11) is -4.48. The summed E-state index contributed by atoms with van der Waals surface area (Å²) < 4.78 is 14.6. The van der Waals surface area contributed by atoms with Crippen LogP contribution in [0.1, 0.15) is 15.9 Å². The molecule has 0 aromatic heterocycles. The molecule has 7 heteroatoms. The highest BCUT2D eigenvalue weighted by molar-refractivity contribution is 7.46. The molecular weight excluding hydrogens is 223 g/mol. The summed E-state index contributed by atoms with van der Waals surface area (Å²) in [4.78, 5) is 27.3. The number of rotatable bonds is 4. The maximum Gasteiger partial charge on any atom is 0.469 e. The van der Waals surface area contributed by atoms with Gasteiger partial charge in [0.15, 0.2) is 0 Å². The average molecular weight is 232 g/mol. The summed E-state index contributed by atoms with van der Waals surface area (Å²) in [6.07, 6.45) is 0. The lowest BCUT2D eigenvalue weighted by Gasteiger charge is -2.05. The van der Waals surface area contributed by atoms with Gasteiger partial charge in [-0.1, -0.05) is 12.1 Å². The molecule has 3 N–H and O–H groups in total. The smallest absolute Gasteiger partial charge is 0.469 e. The molecular formula is C8H9O6P. The molecule has 0 saturated heterocycles. The van der Waals surface area contributed by atoms with E-state index in [-0.39, 0.29) is 12.2 Å². The van der Waals surface area contributed by atoms with E-state index >= 15 is 0 Å². The fourth-order valence-corrected chi connectivity index (χ4v) is 1.22. The van der Waals surface area contributed by atoms with E-state index in [9.17, 15) is 9.36 Å². The first-order valence-corrected chi connectivity index (χ1v) is 5.44. The van der Waals surface area contributed by atoms with Crippen molar-refractivity contribution in [3.05, 3.63) is 35.4 Å². The number of carbonyl (C=O) groups is 1. The maximum absolute atomic E-state index is 10.5. The van der Waals surface area contributed by atoms with E-state index in [1.165, 1.54) is 24.3 Å². The van der Waals surface area contributed by atoms with Crippen molar-refractivity contribution in [3.8, 4) is 0 Å². The number of carboxylic acid groups (broad SMARTS) is 1. The van der Waals surface area contributed by atoms with Crippen molar-refractivity contribution >= 4 is 13.8 Å². The van der Waals surface area contributed by atoms with Gasteiger partial charge < -0.3 is 14.9 Å². The third kappa shape index (κ3) is 4.22. The predicted molar refractivity (Wildman–Crippen MR) is 50.2 cm³/mol. The number of phosphoric acid groups is 1. The molecule has 0 unspecified atom stereocenters. The third-order valence-corrected chi connectivity index (χ3v) is 2.07. The molecule has 1 aromatic carbocycles. The lowest BCUT2D eigenvalue weighted by Crippen LogP contribution is -1.97. The highest BCUT2D eigenvalue weighted by atomic mass is 31.2. The first-order chi connectivity index (χ1) is 6.88. The standard InChI is InChI=1S/C8H9O6P/c9-8(10)7-3-1-6(2-4-7)5-14-15(11,12)13/h1-4H,5H2,(H,9,10)(H2,11,12,13). The second kappa shape index (κ2) is 4.55. The maximum atomic E-state index is 10.5. The molecule has 0 aliphatic carbocycles. The Morgan fingerprint density at radius 1 is 1.27 bits per heavy atom. The number of hydrogen-bond donors (Lipinski definition) is 3. The molecule has 15 heavy (non-hydrogen) atoms. The van der Waals surface area contributed by atoms with Gasteiger partial charge in [-0.3, -0.25) is 4.52 Å². The summed E-state index contributed by atoms with van der Waals surface area (Å²) in [5, 5.41) is 8.58. The summed E-state index contributed by atoms with van der Waals surface area (Å²) in [6.45, 7) is -0.260. The van der Waals surface area contributed by atoms with Crippen molar-refractivity contribution in [2.45, 2.75) is 6.61 Å². The summed E-state index contributed by atoms with van der Waals surface area (Å²) in [5.41, 5.74) is 0.596. The number of benzene rings is 1. The van der Waals surface area contributed by atoms with Crippen LogP contribution in [0.5, 0.6) is 0 Å². The van der Waals surface area contributed by atoms with Crippen molar-refractivity contribution in [2.24, 2.45) is 0 Å². The summed E-state index contributed by atoms with van der Waals surface area (Å²) in [6, 6.07) is 5.53. The second-order valence-electron chi connectivity index (χ2n) is 2.77. The topological polar surface area (TPSA) is 104 Å². The Bertz CT molecular complexity index is 392. The van der Waals surface area contributed by atoms with E-state index in [1.807, 2.05) is 0 Å². The van der Waals surface area contributed by atoms with Gasteiger partial charge in [0.2, 0.25) is 0 Å². The van der Waals surface area contributed by atoms with Crippen LogP contribution in [0.2, 0.25) is 0 Å². The molecule has 0 saturated carbocycles. The van der Waals surface area contributed by atoms with Crippen LogP contribution in [-0.4, -0.2) is 20.9 Å². The molecule has 0 amide bonds. The van der Waals surface area contributed by atoms with E-state index in [1.54, 1.807) is 0 Å². The van der Waals surface area contributed by atoms with Crippen LogP contribution in [0.25, 0.3) is 0 Å². The van der Waals surface area contributed by atoms with E-state index in [0.29, 0.717) is 5.56 Å². The Morgan fingerprint density at radius 3 is 2.20 bits per heavy atom. The van der Waals surface area contributed by atoms with Crippen LogP contribution in [0.3, 0.4) is 0 Å². The lowest BCUT2D eigenvalue weighted by atomic mass is 10.1. The predicted octanol–water partition coefficient (Wildman–Crippen LogP) is 0.994. The Kier molecular flexibility index (Phi) is 3.60. The largest absolute Gasteiger partial charge is 0.478 e. The van der Waals surface area contributed by atoms with E-state index < -0.39 is 13.8 Å². The molecule has 0 radical (unpaired) electrons. The number of phosphoric ester groups is 1. The molecule has 0 aliphatic heterocycles. The number of carboxylic acids is 1. The lowest BCUT2D eigenvalue weighted by molar-refractivity contribution is 0.0696. The molecule has 82 valence electrons. The molecule has 0 fully saturated rings. The van der Waals surface area contributed by atoms with E-state index in [0.717, 1.165) is 0 Å². The van der Waals surface area contributed by atoms with Gasteiger partial charge in [-0.2, -0.15) is 0 Å². The molecule has 0 bridgehead atoms. The van der Waals surface area contributed by atoms with Crippen molar-refractivity contribution in [1.29, 1.82) is 0 Å². The quantitative estimate of drug-likeness (QED) is 0.669. The number of aromatic carboxylic acids is 1. The minimum absolute atomic E-state index is 0.106. The van der Waals surface area contributed by atoms with Gasteiger partial charge in [0.25, 0.3) is 0 Å². The van der Waals surface area contributed by atoms with Gasteiger partial charge in [0, 0.05) is 0 Å². The highest BCUT2D eigenvalue weighted by Crippen LogP contribution is 2.36. The zero-order valence-electron chi connectivity index (χ0n) is 7.53. The molecule has 0 atom stereocenters. The van der Waals surface area contributed by atoms with Gasteiger partial charge in [-0.25, -0.2) is 9.36 Å². The Morgan fingerprint density at radius 2 is 1.80 bits per heavy atom. The van der Waals surface area contributed by atoms with Crippen molar-refractivity contribution in [1.82, 2.24) is 0 Å². The first-order valence-electron chi connectivity index (χ1n) is 3.91. The van der Waals surface area contributed by atoms with Crippen molar-refractivity contribution in [2.75, 3.05) is 0 Å². The fraction of sp³-hybridized carbons (Fsp3) is 0.125. The monoisotopic (exact) mass is 232 g/mol. The van der Waals surface area contributed by atoms with E-state index in [2.05, 4.69) is 4.52 Å². The summed E-state index contributed by atoms with van der Waals surface area (Å²) >= 11 is 0. The van der Waals surface area contributed by atoms with Gasteiger partial charge in [-0.15, -0.1) is 0 Å². The summed E-state index contributed by atoms with van der Waals surface area (Å²) in [5.74, 6) is -1.06. The normalized spacial score (nSPS) is 11.3. The number of hydrogen-bond acceptors (Lipinski definition) is 3. The van der Waals surface area contributed by atoms with Crippen LogP contribution in [0, 0.1) is 0 Å². The molecule has 0 spiro atoms. The average Bonchev–Trinajstić information content (AvgIpc) is 2.14. The van der Waals surface area contributed by atoms with Crippen LogP contribution in [0.4, 0.5) is 0 Å². The van der Waals surface area contributed by atoms with E-state index in [4.69, 9.17) is 14.9 Å². The van der Waals surface area contributed by atoms with Crippen LogP contribution < -0.4 is 0 Å². The minimum Gasteiger partial charge on any atom is -0.478 e. The van der Waals surface area contributed by atoms with Gasteiger partial charge in [0.05, 0.1) is 12.2 Å². The Labute approximate surface area is 85.4 Å². The molecule has 1 rings (SSSR count). The van der Waals surface area contributed by atoms with Crippen LogP contribution >= 0.6 is 7.82 Å². The van der Waals surface area contributed by atoms with Crippen LogP contribution in [-0.2, 0) is 15.7 Å². The second-order valence-corrected chi connectivity index (χ2v) is 4.01. The Hall–Kier alpha value is -1.20. The Balaban J connectivity index is 2.65. The van der Waals surface area contributed by atoms with Crippen LogP contribution in [0.15, 0.2) is 24.3 Å².